The molecular formula is C16H12N2O4. The quantitative estimate of drug-likeness (QED) is 0.779. The predicted molar refractivity (Wildman–Crippen MR) is 77.5 cm³/mol. The molecule has 0 radical (unpaired) electrons. The number of carboxylic acid groups (broad SMARTS) is 1. The number of aromatic carboxylic acids is 1. The van der Waals surface area contributed by atoms with Gasteiger partial charge < -0.3 is 14.3 Å². The topological polar surface area (TPSA) is 85.5 Å². The second kappa shape index (κ2) is 6.09. The molecule has 0 aliphatic rings. The number of hydrogen-bond acceptors (Lipinski definition) is 5. The van der Waals surface area contributed by atoms with Gasteiger partial charge in [-0.15, -0.1) is 10.2 Å². The molecule has 110 valence electrons. The molecule has 0 amide bonds. The maximum Gasteiger partial charge on any atom is 0.335 e. The molecule has 0 unspecified atom stereocenters. The fourth-order valence-corrected chi connectivity index (χ4v) is 1.85. The summed E-state index contributed by atoms with van der Waals surface area (Å²) in [6, 6.07) is 15.5. The Morgan fingerprint density at radius 1 is 1.05 bits per heavy atom. The van der Waals surface area contributed by atoms with E-state index in [0.29, 0.717) is 17.5 Å². The molecule has 2 aromatic carbocycles. The van der Waals surface area contributed by atoms with Crippen molar-refractivity contribution in [3.63, 3.8) is 0 Å². The van der Waals surface area contributed by atoms with Gasteiger partial charge in [0.05, 0.1) is 5.56 Å². The van der Waals surface area contributed by atoms with E-state index in [9.17, 15) is 4.79 Å². The summed E-state index contributed by atoms with van der Waals surface area (Å²) < 4.78 is 11.0. The first-order chi connectivity index (χ1) is 10.7. The van der Waals surface area contributed by atoms with Crippen molar-refractivity contribution in [1.29, 1.82) is 0 Å². The molecule has 22 heavy (non-hydrogen) atoms. The molecule has 0 atom stereocenters. The van der Waals surface area contributed by atoms with Gasteiger partial charge in [-0.3, -0.25) is 0 Å². The van der Waals surface area contributed by atoms with E-state index in [1.807, 2.05) is 30.3 Å². The fourth-order valence-electron chi connectivity index (χ4n) is 1.85. The van der Waals surface area contributed by atoms with Crippen LogP contribution in [0.1, 0.15) is 16.2 Å². The zero-order valence-corrected chi connectivity index (χ0v) is 11.5. The molecule has 6 heteroatoms. The van der Waals surface area contributed by atoms with Crippen LogP contribution >= 0.6 is 0 Å². The maximum atomic E-state index is 10.8. The lowest BCUT2D eigenvalue weighted by molar-refractivity contribution is 0.0697. The third-order valence-corrected chi connectivity index (χ3v) is 2.95. The molecule has 1 heterocycles. The smallest absolute Gasteiger partial charge is 0.335 e. The van der Waals surface area contributed by atoms with Crippen LogP contribution in [0, 0.1) is 0 Å². The van der Waals surface area contributed by atoms with E-state index in [-0.39, 0.29) is 12.2 Å². The van der Waals surface area contributed by atoms with Gasteiger partial charge in [-0.2, -0.15) is 0 Å². The zero-order valence-electron chi connectivity index (χ0n) is 11.5. The van der Waals surface area contributed by atoms with Gasteiger partial charge in [0.15, 0.2) is 6.61 Å². The molecule has 3 rings (SSSR count). The van der Waals surface area contributed by atoms with Crippen LogP contribution in [-0.2, 0) is 6.61 Å². The number of hydrogen-bond donors (Lipinski definition) is 1. The van der Waals surface area contributed by atoms with Gasteiger partial charge >= 0.3 is 5.97 Å². The summed E-state index contributed by atoms with van der Waals surface area (Å²) in [7, 11) is 0. The minimum Gasteiger partial charge on any atom is -0.484 e. The molecule has 0 saturated heterocycles. The van der Waals surface area contributed by atoms with Gasteiger partial charge in [0.25, 0.3) is 5.89 Å². The van der Waals surface area contributed by atoms with Crippen LogP contribution in [0.5, 0.6) is 5.75 Å². The van der Waals surface area contributed by atoms with E-state index in [0.717, 1.165) is 5.56 Å². The molecule has 1 aromatic heterocycles. The largest absolute Gasteiger partial charge is 0.484 e. The Balaban J connectivity index is 1.65. The average Bonchev–Trinajstić information content (AvgIpc) is 3.03. The van der Waals surface area contributed by atoms with Crippen LogP contribution in [0.2, 0.25) is 0 Å². The van der Waals surface area contributed by atoms with E-state index >= 15 is 0 Å². The highest BCUT2D eigenvalue weighted by Gasteiger charge is 2.09. The number of benzene rings is 2. The van der Waals surface area contributed by atoms with Gasteiger partial charge in [-0.25, -0.2) is 4.79 Å². The number of nitrogens with zero attached hydrogens (tertiary/aromatic N) is 2. The number of aromatic nitrogens is 2. The molecule has 0 bridgehead atoms. The Morgan fingerprint density at radius 3 is 2.45 bits per heavy atom. The van der Waals surface area contributed by atoms with Crippen molar-refractivity contribution in [2.75, 3.05) is 0 Å². The molecular weight excluding hydrogens is 284 g/mol. The Kier molecular flexibility index (Phi) is 3.82. The summed E-state index contributed by atoms with van der Waals surface area (Å²) >= 11 is 0. The third-order valence-electron chi connectivity index (χ3n) is 2.95. The summed E-state index contributed by atoms with van der Waals surface area (Å²) in [5.74, 6) is 0.335. The van der Waals surface area contributed by atoms with Crippen molar-refractivity contribution in [2.24, 2.45) is 0 Å². The van der Waals surface area contributed by atoms with Crippen molar-refractivity contribution < 1.29 is 19.1 Å². The molecule has 3 aromatic rings. The monoisotopic (exact) mass is 296 g/mol. The first-order valence-corrected chi connectivity index (χ1v) is 6.56. The lowest BCUT2D eigenvalue weighted by Crippen LogP contribution is -1.98. The van der Waals surface area contributed by atoms with Crippen molar-refractivity contribution >= 4 is 5.97 Å². The predicted octanol–water partition coefficient (Wildman–Crippen LogP) is 3.01. The summed E-state index contributed by atoms with van der Waals surface area (Å²) in [6.07, 6.45) is 0. The molecule has 0 aliphatic carbocycles. The summed E-state index contributed by atoms with van der Waals surface area (Å²) in [5, 5.41) is 16.7. The standard InChI is InChI=1S/C16H12N2O4/c19-16(20)12-6-8-13(9-7-12)21-10-14-17-18-15(22-14)11-4-2-1-3-5-11/h1-9H,10H2,(H,19,20). The Morgan fingerprint density at radius 2 is 1.77 bits per heavy atom. The van der Waals surface area contributed by atoms with Crippen LogP contribution in [-0.4, -0.2) is 21.3 Å². The van der Waals surface area contributed by atoms with E-state index < -0.39 is 5.97 Å². The molecule has 6 nitrogen and oxygen atoms in total. The molecule has 0 saturated carbocycles. The Bertz CT molecular complexity index is 766. The minimum absolute atomic E-state index is 0.117. The van der Waals surface area contributed by atoms with Gasteiger partial charge in [0.1, 0.15) is 5.75 Å². The zero-order chi connectivity index (χ0) is 15.4. The highest BCUT2D eigenvalue weighted by Crippen LogP contribution is 2.18. The van der Waals surface area contributed by atoms with Crippen molar-refractivity contribution in [3.8, 4) is 17.2 Å². The normalized spacial score (nSPS) is 10.4. The van der Waals surface area contributed by atoms with Gasteiger partial charge in [0, 0.05) is 5.56 Å². The lowest BCUT2D eigenvalue weighted by Gasteiger charge is -2.03. The fraction of sp³-hybridized carbons (Fsp3) is 0.0625. The van der Waals surface area contributed by atoms with Crippen LogP contribution < -0.4 is 4.74 Å². The first-order valence-electron chi connectivity index (χ1n) is 6.56. The van der Waals surface area contributed by atoms with E-state index in [4.69, 9.17) is 14.3 Å². The number of ether oxygens (including phenoxy) is 1. The Labute approximate surface area is 126 Å². The number of carbonyl (C=O) groups is 1. The van der Waals surface area contributed by atoms with Crippen LogP contribution in [0.15, 0.2) is 59.0 Å². The second-order valence-electron chi connectivity index (χ2n) is 4.49. The SMILES string of the molecule is O=C(O)c1ccc(OCc2nnc(-c3ccccc3)o2)cc1. The first kappa shape index (κ1) is 13.8. The Hall–Kier alpha value is -3.15. The van der Waals surface area contributed by atoms with Crippen LogP contribution in [0.25, 0.3) is 11.5 Å². The van der Waals surface area contributed by atoms with E-state index in [1.54, 1.807) is 12.1 Å². The minimum atomic E-state index is -0.976. The third kappa shape index (κ3) is 3.12. The van der Waals surface area contributed by atoms with Crippen LogP contribution in [0.3, 0.4) is 0 Å². The van der Waals surface area contributed by atoms with Crippen molar-refractivity contribution in [2.45, 2.75) is 6.61 Å². The highest BCUT2D eigenvalue weighted by molar-refractivity contribution is 5.87. The highest BCUT2D eigenvalue weighted by atomic mass is 16.5. The van der Waals surface area contributed by atoms with Gasteiger partial charge in [0.2, 0.25) is 5.89 Å². The van der Waals surface area contributed by atoms with Gasteiger partial charge in [-0.05, 0) is 36.4 Å². The average molecular weight is 296 g/mol. The van der Waals surface area contributed by atoms with E-state index in [1.165, 1.54) is 12.1 Å². The summed E-state index contributed by atoms with van der Waals surface area (Å²) in [6.45, 7) is 0.117. The van der Waals surface area contributed by atoms with Crippen LogP contribution in [0.4, 0.5) is 0 Å². The molecule has 0 spiro atoms. The lowest BCUT2D eigenvalue weighted by atomic mass is 10.2. The number of rotatable bonds is 5. The maximum absolute atomic E-state index is 10.8. The summed E-state index contributed by atoms with van der Waals surface area (Å²) in [4.78, 5) is 10.8. The number of carboxylic acids is 1. The van der Waals surface area contributed by atoms with Gasteiger partial charge in [-0.1, -0.05) is 18.2 Å². The van der Waals surface area contributed by atoms with Crippen molar-refractivity contribution in [1.82, 2.24) is 10.2 Å². The summed E-state index contributed by atoms with van der Waals surface area (Å²) in [5.41, 5.74) is 1.04. The molecule has 1 N–H and O–H groups in total. The van der Waals surface area contributed by atoms with E-state index in [2.05, 4.69) is 10.2 Å². The molecule has 0 aliphatic heterocycles. The van der Waals surface area contributed by atoms with Crippen molar-refractivity contribution in [3.05, 3.63) is 66.1 Å². The second-order valence-corrected chi connectivity index (χ2v) is 4.49. The molecule has 0 fully saturated rings.